The average molecular weight is 219 g/mol. The van der Waals surface area contributed by atoms with Crippen molar-refractivity contribution in [2.24, 2.45) is 11.1 Å². The zero-order valence-corrected chi connectivity index (χ0v) is 9.32. The minimum Gasteiger partial charge on any atom is -0.380 e. The molecule has 0 radical (unpaired) electrons. The molecule has 0 bridgehead atoms. The van der Waals surface area contributed by atoms with Crippen LogP contribution in [0.25, 0.3) is 0 Å². The highest BCUT2D eigenvalue weighted by atomic mass is 16.5. The molecule has 2 heterocycles. The van der Waals surface area contributed by atoms with E-state index in [4.69, 9.17) is 15.2 Å². The topological polar surface area (TPSA) is 44.5 Å². The van der Waals surface area contributed by atoms with Crippen molar-refractivity contribution in [3.8, 4) is 0 Å². The number of ether oxygens (including phenoxy) is 2. The Labute approximate surface area is 95.5 Å². The van der Waals surface area contributed by atoms with Crippen molar-refractivity contribution in [2.75, 3.05) is 33.0 Å². The van der Waals surface area contributed by atoms with Gasteiger partial charge in [-0.3, -0.25) is 0 Å². The molecule has 0 saturated carbocycles. The lowest BCUT2D eigenvalue weighted by molar-refractivity contribution is -0.223. The third kappa shape index (κ3) is 1.14. The van der Waals surface area contributed by atoms with E-state index in [9.17, 15) is 0 Å². The number of nitrogens with two attached hydrogens (primary N) is 1. The molecule has 3 rings (SSSR count). The molecule has 0 unspecified atom stereocenters. The van der Waals surface area contributed by atoms with E-state index in [0.717, 1.165) is 26.4 Å². The van der Waals surface area contributed by atoms with E-state index in [0.29, 0.717) is 6.54 Å². The van der Waals surface area contributed by atoms with Crippen LogP contribution in [0.1, 0.15) is 5.56 Å². The number of hydrogen-bond acceptors (Lipinski definition) is 3. The Balaban J connectivity index is 2.00. The third-order valence-corrected chi connectivity index (χ3v) is 4.19. The fraction of sp³-hybridized carbons (Fsp3) is 0.538. The summed E-state index contributed by atoms with van der Waals surface area (Å²) in [5.41, 5.74) is 7.48. The summed E-state index contributed by atoms with van der Waals surface area (Å²) in [6, 6.07) is 10.6. The van der Waals surface area contributed by atoms with Crippen molar-refractivity contribution < 1.29 is 9.47 Å². The summed E-state index contributed by atoms with van der Waals surface area (Å²) < 4.78 is 10.9. The Morgan fingerprint density at radius 3 is 2.00 bits per heavy atom. The molecule has 2 N–H and O–H groups in total. The molecule has 1 aromatic carbocycles. The zero-order valence-electron chi connectivity index (χ0n) is 9.32. The van der Waals surface area contributed by atoms with E-state index >= 15 is 0 Å². The van der Waals surface area contributed by atoms with E-state index in [2.05, 4.69) is 24.3 Å². The first-order valence-electron chi connectivity index (χ1n) is 5.74. The normalized spacial score (nSPS) is 25.6. The molecule has 3 heteroatoms. The zero-order chi connectivity index (χ0) is 11.1. The maximum atomic E-state index is 5.97. The van der Waals surface area contributed by atoms with Crippen LogP contribution >= 0.6 is 0 Å². The molecule has 0 amide bonds. The maximum absolute atomic E-state index is 5.97. The van der Waals surface area contributed by atoms with Gasteiger partial charge in [-0.25, -0.2) is 0 Å². The quantitative estimate of drug-likeness (QED) is 0.822. The summed E-state index contributed by atoms with van der Waals surface area (Å²) in [5.74, 6) is 0. The highest BCUT2D eigenvalue weighted by Gasteiger charge is 2.60. The lowest BCUT2D eigenvalue weighted by Gasteiger charge is -2.59. The third-order valence-electron chi connectivity index (χ3n) is 4.19. The lowest BCUT2D eigenvalue weighted by Crippen LogP contribution is -2.69. The first-order chi connectivity index (χ1) is 7.83. The second kappa shape index (κ2) is 3.55. The van der Waals surface area contributed by atoms with Crippen LogP contribution in [0.15, 0.2) is 30.3 Å². The van der Waals surface area contributed by atoms with Gasteiger partial charge in [0.05, 0.1) is 31.8 Å². The standard InChI is InChI=1S/C13H17NO2/c14-6-12(7-15-8-12)13(9-16-10-13)11-4-2-1-3-5-11/h1-5H,6-10,14H2. The SMILES string of the molecule is NCC1(C2(c3ccccc3)COC2)COC1. The van der Waals surface area contributed by atoms with Crippen LogP contribution in [-0.2, 0) is 14.9 Å². The van der Waals surface area contributed by atoms with Crippen LogP contribution in [0.2, 0.25) is 0 Å². The van der Waals surface area contributed by atoms with Crippen molar-refractivity contribution >= 4 is 0 Å². The van der Waals surface area contributed by atoms with Gasteiger partial charge in [-0.05, 0) is 5.56 Å². The van der Waals surface area contributed by atoms with Gasteiger partial charge in [0.25, 0.3) is 0 Å². The average Bonchev–Trinajstić information content (AvgIpc) is 2.22. The Bertz CT molecular complexity index is 363. The van der Waals surface area contributed by atoms with Gasteiger partial charge in [-0.2, -0.15) is 0 Å². The van der Waals surface area contributed by atoms with Crippen LogP contribution in [0.3, 0.4) is 0 Å². The minimum atomic E-state index is 0.0846. The van der Waals surface area contributed by atoms with Gasteiger partial charge in [0.15, 0.2) is 0 Å². The van der Waals surface area contributed by atoms with Crippen LogP contribution in [-0.4, -0.2) is 33.0 Å². The summed E-state index contributed by atoms with van der Waals surface area (Å²) in [6.07, 6.45) is 0. The Hall–Kier alpha value is -0.900. The Morgan fingerprint density at radius 2 is 1.62 bits per heavy atom. The number of hydrogen-bond donors (Lipinski definition) is 1. The summed E-state index contributed by atoms with van der Waals surface area (Å²) in [4.78, 5) is 0. The molecule has 2 aliphatic rings. The monoisotopic (exact) mass is 219 g/mol. The van der Waals surface area contributed by atoms with Crippen molar-refractivity contribution in [2.45, 2.75) is 5.41 Å². The van der Waals surface area contributed by atoms with Gasteiger partial charge in [0.2, 0.25) is 0 Å². The molecule has 2 aliphatic heterocycles. The second-order valence-electron chi connectivity index (χ2n) is 4.92. The highest BCUT2D eigenvalue weighted by Crippen LogP contribution is 2.51. The second-order valence-corrected chi connectivity index (χ2v) is 4.92. The van der Waals surface area contributed by atoms with Crippen molar-refractivity contribution in [3.63, 3.8) is 0 Å². The Morgan fingerprint density at radius 1 is 1.00 bits per heavy atom. The largest absolute Gasteiger partial charge is 0.380 e. The molecule has 16 heavy (non-hydrogen) atoms. The van der Waals surface area contributed by atoms with E-state index in [-0.39, 0.29) is 10.8 Å². The first kappa shape index (κ1) is 10.3. The van der Waals surface area contributed by atoms with E-state index in [1.807, 2.05) is 6.07 Å². The molecular formula is C13H17NO2. The molecule has 0 spiro atoms. The van der Waals surface area contributed by atoms with Crippen LogP contribution < -0.4 is 5.73 Å². The lowest BCUT2D eigenvalue weighted by atomic mass is 9.57. The molecule has 0 atom stereocenters. The van der Waals surface area contributed by atoms with Crippen molar-refractivity contribution in [1.29, 1.82) is 0 Å². The van der Waals surface area contributed by atoms with Gasteiger partial charge >= 0.3 is 0 Å². The molecular weight excluding hydrogens is 202 g/mol. The van der Waals surface area contributed by atoms with E-state index in [1.165, 1.54) is 5.56 Å². The fourth-order valence-electron chi connectivity index (χ4n) is 2.78. The van der Waals surface area contributed by atoms with Crippen LogP contribution in [0.4, 0.5) is 0 Å². The summed E-state index contributed by atoms with van der Waals surface area (Å²) in [6.45, 7) is 3.75. The molecule has 86 valence electrons. The predicted molar refractivity (Wildman–Crippen MR) is 61.2 cm³/mol. The molecule has 3 nitrogen and oxygen atoms in total. The molecule has 2 saturated heterocycles. The summed E-state index contributed by atoms with van der Waals surface area (Å²) >= 11 is 0. The van der Waals surface area contributed by atoms with Crippen molar-refractivity contribution in [3.05, 3.63) is 35.9 Å². The first-order valence-corrected chi connectivity index (χ1v) is 5.74. The van der Waals surface area contributed by atoms with Gasteiger partial charge in [-0.1, -0.05) is 30.3 Å². The van der Waals surface area contributed by atoms with Crippen LogP contribution in [0.5, 0.6) is 0 Å². The summed E-state index contributed by atoms with van der Waals surface area (Å²) in [5, 5.41) is 0. The minimum absolute atomic E-state index is 0.0846. The maximum Gasteiger partial charge on any atom is 0.0593 e. The van der Waals surface area contributed by atoms with E-state index in [1.54, 1.807) is 0 Å². The number of rotatable bonds is 3. The molecule has 0 aliphatic carbocycles. The molecule has 1 aromatic rings. The van der Waals surface area contributed by atoms with Gasteiger partial charge in [0.1, 0.15) is 0 Å². The van der Waals surface area contributed by atoms with Gasteiger partial charge in [0, 0.05) is 12.0 Å². The number of benzene rings is 1. The van der Waals surface area contributed by atoms with Crippen molar-refractivity contribution in [1.82, 2.24) is 0 Å². The molecule has 2 fully saturated rings. The Kier molecular flexibility index (Phi) is 2.28. The smallest absolute Gasteiger partial charge is 0.0593 e. The fourth-order valence-corrected chi connectivity index (χ4v) is 2.78. The summed E-state index contributed by atoms with van der Waals surface area (Å²) in [7, 11) is 0. The molecule has 0 aromatic heterocycles. The predicted octanol–water partition coefficient (Wildman–Crippen LogP) is 0.930. The highest BCUT2D eigenvalue weighted by molar-refractivity contribution is 5.33. The van der Waals surface area contributed by atoms with Gasteiger partial charge < -0.3 is 15.2 Å². The van der Waals surface area contributed by atoms with E-state index < -0.39 is 0 Å². The van der Waals surface area contributed by atoms with Crippen LogP contribution in [0, 0.1) is 5.41 Å². The van der Waals surface area contributed by atoms with Gasteiger partial charge in [-0.15, -0.1) is 0 Å².